The molecular formula is C26H32N2O4. The summed E-state index contributed by atoms with van der Waals surface area (Å²) in [6.07, 6.45) is 1.02. The van der Waals surface area contributed by atoms with Crippen molar-refractivity contribution >= 4 is 16.9 Å². The molecule has 32 heavy (non-hydrogen) atoms. The third kappa shape index (κ3) is 5.50. The molecule has 2 aromatic carbocycles. The average molecular weight is 437 g/mol. The summed E-state index contributed by atoms with van der Waals surface area (Å²) in [5.74, 6) is 1.43. The van der Waals surface area contributed by atoms with Gasteiger partial charge in [0.25, 0.3) is 5.91 Å². The summed E-state index contributed by atoms with van der Waals surface area (Å²) in [7, 11) is 0. The fourth-order valence-electron chi connectivity index (χ4n) is 4.24. The molecule has 0 radical (unpaired) electrons. The Kier molecular flexibility index (Phi) is 7.45. The van der Waals surface area contributed by atoms with Gasteiger partial charge < -0.3 is 19.2 Å². The average Bonchev–Trinajstić information content (AvgIpc) is 3.20. The van der Waals surface area contributed by atoms with Gasteiger partial charge in [0.15, 0.2) is 5.76 Å². The number of furan rings is 1. The number of nitrogens with zero attached hydrogens (tertiary/aromatic N) is 1. The second-order valence-electron chi connectivity index (χ2n) is 8.65. The number of rotatable bonds is 9. The molecule has 3 aromatic rings. The highest BCUT2D eigenvalue weighted by atomic mass is 16.5. The zero-order chi connectivity index (χ0) is 22.3. The van der Waals surface area contributed by atoms with Gasteiger partial charge in [-0.25, -0.2) is 0 Å². The van der Waals surface area contributed by atoms with Crippen LogP contribution in [0.15, 0.2) is 59.0 Å². The van der Waals surface area contributed by atoms with Crippen LogP contribution in [0.5, 0.6) is 5.75 Å². The van der Waals surface area contributed by atoms with Gasteiger partial charge in [0.05, 0.1) is 13.2 Å². The number of benzene rings is 2. The van der Waals surface area contributed by atoms with Gasteiger partial charge in [-0.15, -0.1) is 0 Å². The second kappa shape index (κ2) is 10.7. The van der Waals surface area contributed by atoms with Gasteiger partial charge in [-0.05, 0) is 30.5 Å². The van der Waals surface area contributed by atoms with Crippen molar-refractivity contribution in [1.29, 1.82) is 0 Å². The van der Waals surface area contributed by atoms with E-state index in [2.05, 4.69) is 24.1 Å². The largest absolute Gasteiger partial charge is 0.489 e. The monoisotopic (exact) mass is 436 g/mol. The van der Waals surface area contributed by atoms with Crippen molar-refractivity contribution < 1.29 is 18.7 Å². The molecule has 1 aliphatic rings. The quantitative estimate of drug-likeness (QED) is 0.536. The van der Waals surface area contributed by atoms with Crippen molar-refractivity contribution in [2.45, 2.75) is 32.9 Å². The van der Waals surface area contributed by atoms with Crippen LogP contribution in [0.25, 0.3) is 11.0 Å². The summed E-state index contributed by atoms with van der Waals surface area (Å²) < 4.78 is 17.4. The van der Waals surface area contributed by atoms with Crippen molar-refractivity contribution in [2.24, 2.45) is 5.92 Å². The minimum Gasteiger partial charge on any atom is -0.489 e. The smallest absolute Gasteiger partial charge is 0.287 e. The van der Waals surface area contributed by atoms with Gasteiger partial charge in [-0.2, -0.15) is 0 Å². The Bertz CT molecular complexity index is 1010. The number of ether oxygens (including phenoxy) is 2. The molecule has 6 nitrogen and oxygen atoms in total. The molecule has 1 atom stereocenters. The van der Waals surface area contributed by atoms with Crippen molar-refractivity contribution in [3.63, 3.8) is 0 Å². The normalized spacial score (nSPS) is 15.7. The summed E-state index contributed by atoms with van der Waals surface area (Å²) in [5, 5.41) is 4.03. The molecule has 1 aliphatic heterocycles. The van der Waals surface area contributed by atoms with E-state index in [1.165, 1.54) is 0 Å². The molecule has 0 spiro atoms. The van der Waals surface area contributed by atoms with Crippen LogP contribution in [0.4, 0.5) is 0 Å². The van der Waals surface area contributed by atoms with Crippen molar-refractivity contribution in [3.05, 3.63) is 65.9 Å². The Morgan fingerprint density at radius 3 is 2.53 bits per heavy atom. The van der Waals surface area contributed by atoms with Gasteiger partial charge in [0, 0.05) is 36.6 Å². The standard InChI is InChI=1S/C26H32N2O4/c1-19(2)16-20(28-12-14-30-15-13-28)17-27-26(29)25-23(18-31-21-8-4-3-5-9-21)22-10-6-7-11-24(22)32-25/h3-11,19-20H,12-18H2,1-2H3,(H,27,29). The Hall–Kier alpha value is -2.83. The summed E-state index contributed by atoms with van der Waals surface area (Å²) >= 11 is 0. The van der Waals surface area contributed by atoms with E-state index < -0.39 is 0 Å². The Labute approximate surface area is 189 Å². The highest BCUT2D eigenvalue weighted by Gasteiger charge is 2.25. The SMILES string of the molecule is CC(C)CC(CNC(=O)c1oc2ccccc2c1COc1ccccc1)N1CCOCC1. The number of hydrogen-bond donors (Lipinski definition) is 1. The van der Waals surface area contributed by atoms with Crippen molar-refractivity contribution in [3.8, 4) is 5.75 Å². The maximum atomic E-state index is 13.2. The highest BCUT2D eigenvalue weighted by Crippen LogP contribution is 2.27. The van der Waals surface area contributed by atoms with Gasteiger partial charge in [0.2, 0.25) is 0 Å². The van der Waals surface area contributed by atoms with Crippen LogP contribution in [-0.4, -0.2) is 49.7 Å². The van der Waals surface area contributed by atoms with Gasteiger partial charge >= 0.3 is 0 Å². The second-order valence-corrected chi connectivity index (χ2v) is 8.65. The lowest BCUT2D eigenvalue weighted by atomic mass is 10.0. The summed E-state index contributed by atoms with van der Waals surface area (Å²) in [4.78, 5) is 15.6. The molecule has 4 rings (SSSR count). The van der Waals surface area contributed by atoms with Crippen LogP contribution in [-0.2, 0) is 11.3 Å². The summed E-state index contributed by atoms with van der Waals surface area (Å²) in [6, 6.07) is 17.6. The predicted octanol–water partition coefficient (Wildman–Crippen LogP) is 4.49. The molecule has 170 valence electrons. The summed E-state index contributed by atoms with van der Waals surface area (Å²) in [6.45, 7) is 8.55. The molecule has 2 heterocycles. The molecule has 1 N–H and O–H groups in total. The molecule has 1 aromatic heterocycles. The lowest BCUT2D eigenvalue weighted by molar-refractivity contribution is 0.0124. The van der Waals surface area contributed by atoms with E-state index in [9.17, 15) is 4.79 Å². The molecule has 0 saturated carbocycles. The van der Waals surface area contributed by atoms with E-state index in [1.807, 2.05) is 54.6 Å². The summed E-state index contributed by atoms with van der Waals surface area (Å²) in [5.41, 5.74) is 1.46. The molecule has 1 amide bonds. The topological polar surface area (TPSA) is 63.9 Å². The van der Waals surface area contributed by atoms with Gasteiger partial charge in [-0.1, -0.05) is 50.2 Å². The van der Waals surface area contributed by atoms with Crippen LogP contribution in [0.2, 0.25) is 0 Å². The first-order valence-corrected chi connectivity index (χ1v) is 11.4. The van der Waals surface area contributed by atoms with E-state index in [4.69, 9.17) is 13.9 Å². The number of carbonyl (C=O) groups is 1. The van der Waals surface area contributed by atoms with Gasteiger partial charge in [-0.3, -0.25) is 9.69 Å². The molecule has 1 unspecified atom stereocenters. The van der Waals surface area contributed by atoms with Crippen LogP contribution < -0.4 is 10.1 Å². The number of morpholine rings is 1. The van der Waals surface area contributed by atoms with E-state index in [1.54, 1.807) is 0 Å². The van der Waals surface area contributed by atoms with Crippen molar-refractivity contribution in [2.75, 3.05) is 32.8 Å². The molecular weight excluding hydrogens is 404 g/mol. The zero-order valence-electron chi connectivity index (χ0n) is 18.9. The Morgan fingerprint density at radius 2 is 1.78 bits per heavy atom. The maximum Gasteiger partial charge on any atom is 0.287 e. The number of carbonyl (C=O) groups excluding carboxylic acids is 1. The lowest BCUT2D eigenvalue weighted by Gasteiger charge is -2.35. The number of fused-ring (bicyclic) bond motifs is 1. The molecule has 6 heteroatoms. The Morgan fingerprint density at radius 1 is 1.06 bits per heavy atom. The number of amides is 1. The van der Waals surface area contributed by atoms with Crippen LogP contribution in [0.3, 0.4) is 0 Å². The molecule has 0 bridgehead atoms. The van der Waals surface area contributed by atoms with E-state index in [-0.39, 0.29) is 18.6 Å². The predicted molar refractivity (Wildman–Crippen MR) is 125 cm³/mol. The minimum atomic E-state index is -0.199. The lowest BCUT2D eigenvalue weighted by Crippen LogP contribution is -2.49. The number of hydrogen-bond acceptors (Lipinski definition) is 5. The molecule has 1 saturated heterocycles. The fraction of sp³-hybridized carbons (Fsp3) is 0.423. The third-order valence-corrected chi connectivity index (χ3v) is 5.83. The first-order chi connectivity index (χ1) is 15.6. The van der Waals surface area contributed by atoms with E-state index in [0.29, 0.717) is 23.8 Å². The molecule has 1 fully saturated rings. The van der Waals surface area contributed by atoms with Crippen LogP contribution in [0, 0.1) is 5.92 Å². The Balaban J connectivity index is 1.50. The van der Waals surface area contributed by atoms with Crippen LogP contribution >= 0.6 is 0 Å². The zero-order valence-corrected chi connectivity index (χ0v) is 18.9. The van der Waals surface area contributed by atoms with Crippen molar-refractivity contribution in [1.82, 2.24) is 10.2 Å². The van der Waals surface area contributed by atoms with Gasteiger partial charge in [0.1, 0.15) is 17.9 Å². The van der Waals surface area contributed by atoms with E-state index >= 15 is 0 Å². The third-order valence-electron chi connectivity index (χ3n) is 5.83. The minimum absolute atomic E-state index is 0.199. The van der Waals surface area contributed by atoms with E-state index in [0.717, 1.165) is 49.4 Å². The first-order valence-electron chi connectivity index (χ1n) is 11.4. The molecule has 0 aliphatic carbocycles. The van der Waals surface area contributed by atoms with Crippen LogP contribution in [0.1, 0.15) is 36.4 Å². The highest BCUT2D eigenvalue weighted by molar-refractivity contribution is 5.99. The first kappa shape index (κ1) is 22.4. The maximum absolute atomic E-state index is 13.2. The number of para-hydroxylation sites is 2. The number of nitrogens with one attached hydrogen (secondary N) is 1. The fourth-order valence-corrected chi connectivity index (χ4v) is 4.24.